The van der Waals surface area contributed by atoms with Crippen molar-refractivity contribution in [2.75, 3.05) is 12.4 Å². The first-order valence-corrected chi connectivity index (χ1v) is 12.4. The largest absolute Gasteiger partial charge is 0.504 e. The Hall–Kier alpha value is -2.73. The lowest BCUT2D eigenvalue weighted by molar-refractivity contribution is -0.152. The van der Waals surface area contributed by atoms with Gasteiger partial charge in [-0.25, -0.2) is 0 Å². The van der Waals surface area contributed by atoms with E-state index in [9.17, 15) is 9.90 Å². The molecule has 6 heteroatoms. The van der Waals surface area contributed by atoms with Crippen LogP contribution in [0.4, 0.5) is 5.69 Å². The van der Waals surface area contributed by atoms with Crippen LogP contribution in [0, 0.1) is 11.8 Å². The van der Waals surface area contributed by atoms with Crippen molar-refractivity contribution >= 4 is 11.6 Å². The van der Waals surface area contributed by atoms with E-state index in [-0.39, 0.29) is 35.4 Å². The summed E-state index contributed by atoms with van der Waals surface area (Å²) in [6.07, 6.45) is 5.46. The second kappa shape index (κ2) is 9.87. The van der Waals surface area contributed by atoms with E-state index >= 15 is 0 Å². The number of carbonyl (C=O) groups is 1. The summed E-state index contributed by atoms with van der Waals surface area (Å²) < 4.78 is 18.3. The van der Waals surface area contributed by atoms with Gasteiger partial charge < -0.3 is 24.6 Å². The smallest absolute Gasteiger partial charge is 0.255 e. The number of amides is 1. The summed E-state index contributed by atoms with van der Waals surface area (Å²) in [6, 6.07) is 10.3. The van der Waals surface area contributed by atoms with Crippen molar-refractivity contribution in [3.05, 3.63) is 47.5 Å². The van der Waals surface area contributed by atoms with Gasteiger partial charge in [0.05, 0.1) is 19.3 Å². The van der Waals surface area contributed by atoms with Crippen LogP contribution in [0.3, 0.4) is 0 Å². The van der Waals surface area contributed by atoms with Crippen LogP contribution in [-0.2, 0) is 4.74 Å². The number of hydrogen-bond acceptors (Lipinski definition) is 5. The number of methoxy groups -OCH3 is 1. The molecule has 0 unspecified atom stereocenters. The van der Waals surface area contributed by atoms with E-state index in [4.69, 9.17) is 14.2 Å². The molecule has 0 aliphatic carbocycles. The Morgan fingerprint density at radius 2 is 2.03 bits per heavy atom. The third-order valence-corrected chi connectivity index (χ3v) is 7.23. The van der Waals surface area contributed by atoms with Crippen molar-refractivity contribution < 1.29 is 24.1 Å². The molecule has 2 aromatic carbocycles. The van der Waals surface area contributed by atoms with Gasteiger partial charge in [0.25, 0.3) is 5.91 Å². The molecule has 1 amide bonds. The first-order chi connectivity index (χ1) is 16.2. The van der Waals surface area contributed by atoms with E-state index in [0.717, 1.165) is 37.0 Å². The lowest BCUT2D eigenvalue weighted by atomic mass is 9.72. The molecular formula is C28H37NO5. The number of benzene rings is 2. The predicted molar refractivity (Wildman–Crippen MR) is 133 cm³/mol. The summed E-state index contributed by atoms with van der Waals surface area (Å²) >= 11 is 0. The summed E-state index contributed by atoms with van der Waals surface area (Å²) in [5.41, 5.74) is 1.76. The number of phenolic OH excluding ortho intramolecular Hbond substituents is 1. The summed E-state index contributed by atoms with van der Waals surface area (Å²) in [6.45, 7) is 8.87. The van der Waals surface area contributed by atoms with Crippen molar-refractivity contribution in [1.29, 1.82) is 0 Å². The van der Waals surface area contributed by atoms with Gasteiger partial charge in [0.2, 0.25) is 0 Å². The van der Waals surface area contributed by atoms with E-state index in [1.165, 1.54) is 19.6 Å². The maximum Gasteiger partial charge on any atom is 0.255 e. The molecule has 2 heterocycles. The topological polar surface area (TPSA) is 77.0 Å². The molecule has 1 saturated heterocycles. The third-order valence-electron chi connectivity index (χ3n) is 7.23. The van der Waals surface area contributed by atoms with Gasteiger partial charge in [-0.15, -0.1) is 0 Å². The molecule has 2 aliphatic heterocycles. The SMILES string of the molecule is COc1cc(NC(=O)c2ccc3c(c2)[C@@H]2O[C@H](C)CC[C@H]2[C@](C)(CCCC(C)C)O3)ccc1O. The highest BCUT2D eigenvalue weighted by atomic mass is 16.5. The standard InChI is InChI=1S/C28H37NO5/c1-17(2)7-6-14-28(4)22-11-8-18(3)33-26(22)21-15-19(9-13-24(21)34-28)27(31)29-20-10-12-23(30)25(16-20)32-5/h9-10,12-13,15-18,22,26,30H,6-8,11,14H2,1-5H3,(H,29,31)/t18-,22-,26+,28+/m1/s1. The summed E-state index contributed by atoms with van der Waals surface area (Å²) in [5.74, 6) is 1.83. The second-order valence-electron chi connectivity index (χ2n) is 10.3. The summed E-state index contributed by atoms with van der Waals surface area (Å²) in [7, 11) is 1.47. The summed E-state index contributed by atoms with van der Waals surface area (Å²) in [5, 5.41) is 12.7. The third kappa shape index (κ3) is 5.02. The molecule has 2 N–H and O–H groups in total. The molecular weight excluding hydrogens is 430 g/mol. The van der Waals surface area contributed by atoms with Crippen LogP contribution in [-0.4, -0.2) is 29.8 Å². The zero-order valence-corrected chi connectivity index (χ0v) is 20.9. The molecule has 6 nitrogen and oxygen atoms in total. The van der Waals surface area contributed by atoms with Gasteiger partial charge in [0, 0.05) is 28.8 Å². The Kier molecular flexibility index (Phi) is 7.08. The van der Waals surface area contributed by atoms with Crippen LogP contribution in [0.2, 0.25) is 0 Å². The zero-order valence-electron chi connectivity index (χ0n) is 20.9. The van der Waals surface area contributed by atoms with Gasteiger partial charge in [-0.2, -0.15) is 0 Å². The fourth-order valence-corrected chi connectivity index (χ4v) is 5.28. The maximum absolute atomic E-state index is 13.0. The number of rotatable bonds is 7. The quantitative estimate of drug-likeness (QED) is 0.455. The van der Waals surface area contributed by atoms with E-state index in [1.807, 2.05) is 12.1 Å². The van der Waals surface area contributed by atoms with Gasteiger partial charge in [-0.3, -0.25) is 4.79 Å². The molecule has 0 saturated carbocycles. The normalized spacial score (nSPS) is 25.8. The first-order valence-electron chi connectivity index (χ1n) is 12.4. The van der Waals surface area contributed by atoms with Gasteiger partial charge in [0.15, 0.2) is 11.5 Å². The van der Waals surface area contributed by atoms with E-state index < -0.39 is 0 Å². The van der Waals surface area contributed by atoms with Crippen molar-refractivity contribution in [2.45, 2.75) is 77.6 Å². The molecule has 0 radical (unpaired) electrons. The van der Waals surface area contributed by atoms with Crippen molar-refractivity contribution in [3.8, 4) is 17.2 Å². The Bertz CT molecular complexity index is 1040. The molecule has 2 aliphatic rings. The molecule has 0 spiro atoms. The Balaban J connectivity index is 1.59. The number of fused-ring (bicyclic) bond motifs is 3. The summed E-state index contributed by atoms with van der Waals surface area (Å²) in [4.78, 5) is 13.0. The number of ether oxygens (including phenoxy) is 3. The Morgan fingerprint density at radius 3 is 2.76 bits per heavy atom. The molecule has 1 fully saturated rings. The number of hydrogen-bond donors (Lipinski definition) is 2. The molecule has 2 aromatic rings. The molecule has 4 rings (SSSR count). The Labute approximate surface area is 202 Å². The minimum atomic E-state index is -0.279. The minimum Gasteiger partial charge on any atom is -0.504 e. The highest BCUT2D eigenvalue weighted by Gasteiger charge is 2.49. The van der Waals surface area contributed by atoms with E-state index in [2.05, 4.69) is 33.0 Å². The lowest BCUT2D eigenvalue weighted by Gasteiger charge is -2.50. The number of nitrogens with one attached hydrogen (secondary N) is 1. The van der Waals surface area contributed by atoms with Gasteiger partial charge >= 0.3 is 0 Å². The van der Waals surface area contributed by atoms with Crippen LogP contribution in [0.1, 0.15) is 81.8 Å². The van der Waals surface area contributed by atoms with Crippen LogP contribution in [0.5, 0.6) is 17.2 Å². The fraction of sp³-hybridized carbons (Fsp3) is 0.536. The minimum absolute atomic E-state index is 0.0254. The van der Waals surface area contributed by atoms with Gasteiger partial charge in [-0.05, 0) is 75.8 Å². The van der Waals surface area contributed by atoms with Crippen LogP contribution < -0.4 is 14.8 Å². The highest BCUT2D eigenvalue weighted by molar-refractivity contribution is 6.04. The van der Waals surface area contributed by atoms with Gasteiger partial charge in [-0.1, -0.05) is 20.3 Å². The average molecular weight is 468 g/mol. The number of anilines is 1. The molecule has 184 valence electrons. The predicted octanol–water partition coefficient (Wildman–Crippen LogP) is 6.49. The average Bonchev–Trinajstić information content (AvgIpc) is 2.79. The monoisotopic (exact) mass is 467 g/mol. The lowest BCUT2D eigenvalue weighted by Crippen LogP contribution is -2.50. The second-order valence-corrected chi connectivity index (χ2v) is 10.3. The van der Waals surface area contributed by atoms with E-state index in [1.54, 1.807) is 18.2 Å². The number of phenols is 1. The highest BCUT2D eigenvalue weighted by Crippen LogP contribution is 2.52. The van der Waals surface area contributed by atoms with Crippen molar-refractivity contribution in [2.24, 2.45) is 11.8 Å². The number of aromatic hydroxyl groups is 1. The molecule has 0 aromatic heterocycles. The number of carbonyl (C=O) groups excluding carboxylic acids is 1. The van der Waals surface area contributed by atoms with Gasteiger partial charge in [0.1, 0.15) is 11.4 Å². The fourth-order valence-electron chi connectivity index (χ4n) is 5.28. The first kappa shape index (κ1) is 24.4. The molecule has 4 atom stereocenters. The molecule has 34 heavy (non-hydrogen) atoms. The zero-order chi connectivity index (χ0) is 24.5. The Morgan fingerprint density at radius 1 is 1.24 bits per heavy atom. The van der Waals surface area contributed by atoms with Crippen LogP contribution >= 0.6 is 0 Å². The van der Waals surface area contributed by atoms with Crippen molar-refractivity contribution in [3.63, 3.8) is 0 Å². The maximum atomic E-state index is 13.0. The van der Waals surface area contributed by atoms with Crippen molar-refractivity contribution in [1.82, 2.24) is 0 Å². The molecule has 0 bridgehead atoms. The van der Waals surface area contributed by atoms with E-state index in [0.29, 0.717) is 22.9 Å². The van der Waals surface area contributed by atoms with Crippen LogP contribution in [0.25, 0.3) is 0 Å². The van der Waals surface area contributed by atoms with Crippen LogP contribution in [0.15, 0.2) is 36.4 Å².